The summed E-state index contributed by atoms with van der Waals surface area (Å²) in [7, 11) is 1.87. The number of hydrogen-bond acceptors (Lipinski definition) is 3. The fraction of sp³-hybridized carbons (Fsp3) is 0.412. The van der Waals surface area contributed by atoms with Crippen LogP contribution in [-0.4, -0.2) is 28.9 Å². The maximum absolute atomic E-state index is 12.9. The molecule has 3 nitrogen and oxygen atoms in total. The Kier molecular flexibility index (Phi) is 4.25. The molecule has 0 unspecified atom stereocenters. The Hall–Kier alpha value is -1.75. The zero-order chi connectivity index (χ0) is 15.7. The summed E-state index contributed by atoms with van der Waals surface area (Å²) in [5.74, 6) is 0.456. The molecule has 0 saturated heterocycles. The first-order valence-corrected chi connectivity index (χ1v) is 8.32. The van der Waals surface area contributed by atoms with E-state index in [4.69, 9.17) is 0 Å². The lowest BCUT2D eigenvalue weighted by atomic mass is 10.2. The van der Waals surface area contributed by atoms with Gasteiger partial charge >= 0.3 is 0 Å². The number of rotatable bonds is 5. The Labute approximate surface area is 133 Å². The second kappa shape index (κ2) is 6.16. The molecular weight excluding hydrogens is 299 g/mol. The highest BCUT2D eigenvalue weighted by atomic mass is 32.1. The summed E-state index contributed by atoms with van der Waals surface area (Å²) >= 11 is 1.42. The molecule has 5 heteroatoms. The smallest absolute Gasteiger partial charge is 0.265 e. The van der Waals surface area contributed by atoms with Crippen molar-refractivity contribution in [3.63, 3.8) is 0 Å². The summed E-state index contributed by atoms with van der Waals surface area (Å²) in [5.41, 5.74) is 0.995. The summed E-state index contributed by atoms with van der Waals surface area (Å²) in [6.45, 7) is 2.11. The van der Waals surface area contributed by atoms with Crippen LogP contribution >= 0.6 is 11.3 Å². The van der Waals surface area contributed by atoms with Crippen molar-refractivity contribution in [2.24, 2.45) is 5.92 Å². The molecule has 1 saturated carbocycles. The van der Waals surface area contributed by atoms with Gasteiger partial charge < -0.3 is 4.90 Å². The highest BCUT2D eigenvalue weighted by Gasteiger charge is 2.33. The third kappa shape index (κ3) is 3.35. The fourth-order valence-electron chi connectivity index (χ4n) is 2.52. The molecule has 1 fully saturated rings. The Balaban J connectivity index is 1.67. The zero-order valence-corrected chi connectivity index (χ0v) is 13.6. The SMILES string of the molecule is C[C@@H](C1CC1)N(C)C(=O)c1cnc(Cc2ccc(F)cc2)s1. The zero-order valence-electron chi connectivity index (χ0n) is 12.8. The average molecular weight is 318 g/mol. The van der Waals surface area contributed by atoms with E-state index in [0.717, 1.165) is 10.6 Å². The summed E-state index contributed by atoms with van der Waals surface area (Å²) in [6, 6.07) is 6.68. The second-order valence-corrected chi connectivity index (χ2v) is 7.03. The van der Waals surface area contributed by atoms with Gasteiger partial charge in [-0.15, -0.1) is 11.3 Å². The van der Waals surface area contributed by atoms with Gasteiger partial charge in [0.1, 0.15) is 10.7 Å². The van der Waals surface area contributed by atoms with Gasteiger partial charge in [-0.1, -0.05) is 12.1 Å². The monoisotopic (exact) mass is 318 g/mol. The first-order valence-electron chi connectivity index (χ1n) is 7.51. The van der Waals surface area contributed by atoms with Gasteiger partial charge in [-0.25, -0.2) is 9.37 Å². The van der Waals surface area contributed by atoms with Gasteiger partial charge in [0.25, 0.3) is 5.91 Å². The topological polar surface area (TPSA) is 33.2 Å². The van der Waals surface area contributed by atoms with Crippen LogP contribution in [0.2, 0.25) is 0 Å². The minimum atomic E-state index is -0.241. The highest BCUT2D eigenvalue weighted by Crippen LogP contribution is 2.35. The van der Waals surface area contributed by atoms with E-state index in [2.05, 4.69) is 11.9 Å². The van der Waals surface area contributed by atoms with Crippen molar-refractivity contribution in [1.82, 2.24) is 9.88 Å². The van der Waals surface area contributed by atoms with Crippen LogP contribution in [0.15, 0.2) is 30.5 Å². The number of nitrogens with zero attached hydrogens (tertiary/aromatic N) is 2. The molecule has 0 spiro atoms. The summed E-state index contributed by atoms with van der Waals surface area (Å²) in [4.78, 5) is 19.3. The van der Waals surface area contributed by atoms with Crippen LogP contribution < -0.4 is 0 Å². The number of carbonyl (C=O) groups is 1. The average Bonchev–Trinajstić information content (AvgIpc) is 3.27. The number of thiazole rings is 1. The standard InChI is InChI=1S/C17H19FN2OS/c1-11(13-5-6-13)20(2)17(21)15-10-19-16(22-15)9-12-3-7-14(18)8-4-12/h3-4,7-8,10-11,13H,5-6,9H2,1-2H3/t11-/m0/s1. The molecule has 0 radical (unpaired) electrons. The van der Waals surface area contributed by atoms with E-state index in [1.165, 1.54) is 36.3 Å². The molecule has 0 bridgehead atoms. The van der Waals surface area contributed by atoms with Gasteiger partial charge in [0, 0.05) is 19.5 Å². The van der Waals surface area contributed by atoms with Crippen molar-refractivity contribution >= 4 is 17.2 Å². The van der Waals surface area contributed by atoms with Gasteiger partial charge in [0.15, 0.2) is 0 Å². The summed E-state index contributed by atoms with van der Waals surface area (Å²) in [5, 5.41) is 0.877. The van der Waals surface area contributed by atoms with Gasteiger partial charge in [-0.2, -0.15) is 0 Å². The van der Waals surface area contributed by atoms with Crippen LogP contribution in [0.1, 0.15) is 40.0 Å². The molecule has 3 rings (SSSR count). The molecule has 1 aliphatic carbocycles. The van der Waals surface area contributed by atoms with Crippen molar-refractivity contribution in [2.75, 3.05) is 7.05 Å². The molecule has 0 N–H and O–H groups in total. The van der Waals surface area contributed by atoms with Gasteiger partial charge in [-0.05, 0) is 43.4 Å². The number of halogens is 1. The Morgan fingerprint density at radius 1 is 1.41 bits per heavy atom. The van der Waals surface area contributed by atoms with Crippen molar-refractivity contribution in [2.45, 2.75) is 32.2 Å². The predicted molar refractivity (Wildman–Crippen MR) is 85.6 cm³/mol. The van der Waals surface area contributed by atoms with Crippen LogP contribution in [0.4, 0.5) is 4.39 Å². The van der Waals surface area contributed by atoms with Crippen molar-refractivity contribution in [3.8, 4) is 0 Å². The van der Waals surface area contributed by atoms with E-state index in [-0.39, 0.29) is 17.8 Å². The van der Waals surface area contributed by atoms with E-state index < -0.39 is 0 Å². The third-order valence-corrected chi connectivity index (χ3v) is 5.25. The fourth-order valence-corrected chi connectivity index (χ4v) is 3.46. The molecule has 0 aliphatic heterocycles. The number of carbonyl (C=O) groups excluding carboxylic acids is 1. The van der Waals surface area contributed by atoms with Crippen LogP contribution in [0.3, 0.4) is 0 Å². The first kappa shape index (κ1) is 15.2. The molecule has 1 aliphatic rings. The van der Waals surface area contributed by atoms with Crippen LogP contribution in [0.25, 0.3) is 0 Å². The molecule has 22 heavy (non-hydrogen) atoms. The van der Waals surface area contributed by atoms with E-state index in [0.29, 0.717) is 17.2 Å². The third-order valence-electron chi connectivity index (χ3n) is 4.27. The van der Waals surface area contributed by atoms with Crippen LogP contribution in [0, 0.1) is 11.7 Å². The lowest BCUT2D eigenvalue weighted by Gasteiger charge is -2.24. The maximum atomic E-state index is 12.9. The molecule has 1 amide bonds. The van der Waals surface area contributed by atoms with E-state index in [1.54, 1.807) is 18.3 Å². The van der Waals surface area contributed by atoms with E-state index in [9.17, 15) is 9.18 Å². The number of aromatic nitrogens is 1. The summed E-state index contributed by atoms with van der Waals surface area (Å²) < 4.78 is 12.9. The summed E-state index contributed by atoms with van der Waals surface area (Å²) in [6.07, 6.45) is 4.72. The molecule has 1 heterocycles. The molecule has 116 valence electrons. The van der Waals surface area contributed by atoms with Crippen molar-refractivity contribution < 1.29 is 9.18 Å². The lowest BCUT2D eigenvalue weighted by molar-refractivity contribution is 0.0732. The predicted octanol–water partition coefficient (Wildman–Crippen LogP) is 3.74. The number of benzene rings is 1. The quantitative estimate of drug-likeness (QED) is 0.841. The normalized spacial score (nSPS) is 15.6. The Bertz CT molecular complexity index is 664. The van der Waals surface area contributed by atoms with Gasteiger partial charge in [0.2, 0.25) is 0 Å². The molecule has 1 atom stereocenters. The number of amides is 1. The Morgan fingerprint density at radius 2 is 2.09 bits per heavy atom. The maximum Gasteiger partial charge on any atom is 0.265 e. The first-order chi connectivity index (χ1) is 10.5. The minimum absolute atomic E-state index is 0.0438. The lowest BCUT2D eigenvalue weighted by Crippen LogP contribution is -2.35. The van der Waals surface area contributed by atoms with E-state index >= 15 is 0 Å². The highest BCUT2D eigenvalue weighted by molar-refractivity contribution is 7.13. The Morgan fingerprint density at radius 3 is 2.73 bits per heavy atom. The van der Waals surface area contributed by atoms with E-state index in [1.807, 2.05) is 11.9 Å². The molecular formula is C17H19FN2OS. The van der Waals surface area contributed by atoms with Gasteiger partial charge in [-0.3, -0.25) is 4.79 Å². The van der Waals surface area contributed by atoms with Crippen LogP contribution in [-0.2, 0) is 6.42 Å². The molecule has 2 aromatic rings. The minimum Gasteiger partial charge on any atom is -0.338 e. The largest absolute Gasteiger partial charge is 0.338 e. The van der Waals surface area contributed by atoms with Crippen molar-refractivity contribution in [3.05, 3.63) is 51.7 Å². The molecule has 1 aromatic carbocycles. The van der Waals surface area contributed by atoms with Gasteiger partial charge in [0.05, 0.1) is 11.2 Å². The van der Waals surface area contributed by atoms with Crippen molar-refractivity contribution in [1.29, 1.82) is 0 Å². The van der Waals surface area contributed by atoms with Crippen LogP contribution in [0.5, 0.6) is 0 Å². The molecule has 1 aromatic heterocycles. The number of hydrogen-bond donors (Lipinski definition) is 0. The second-order valence-electron chi connectivity index (χ2n) is 5.92.